The number of aliphatic hydroxyl groups is 1. The van der Waals surface area contributed by atoms with Gasteiger partial charge in [0.25, 0.3) is 0 Å². The molecule has 0 aromatic rings. The standard InChI is InChI=1S/C10H20O/c1-4-6-7-8-10(11)9(3)5-2/h5,10-11H,4,6-8H2,1-3H3/b9-5-. The number of hydrogen-bond acceptors (Lipinski definition) is 1. The van der Waals surface area contributed by atoms with E-state index in [-0.39, 0.29) is 6.10 Å². The highest BCUT2D eigenvalue weighted by Gasteiger charge is 2.03. The molecule has 0 aromatic carbocycles. The smallest absolute Gasteiger partial charge is 0.0747 e. The Bertz CT molecular complexity index is 116. The Labute approximate surface area is 70.1 Å². The van der Waals surface area contributed by atoms with Gasteiger partial charge >= 0.3 is 0 Å². The normalized spacial score (nSPS) is 15.1. The van der Waals surface area contributed by atoms with Gasteiger partial charge in [0.1, 0.15) is 0 Å². The average molecular weight is 156 g/mol. The molecule has 0 rings (SSSR count). The van der Waals surface area contributed by atoms with Crippen molar-refractivity contribution in [3.63, 3.8) is 0 Å². The van der Waals surface area contributed by atoms with Gasteiger partial charge in [0.15, 0.2) is 0 Å². The minimum Gasteiger partial charge on any atom is -0.389 e. The molecule has 0 aliphatic heterocycles. The average Bonchev–Trinajstić information content (AvgIpc) is 2.03. The Morgan fingerprint density at radius 2 is 2.09 bits per heavy atom. The molecule has 0 spiro atoms. The summed E-state index contributed by atoms with van der Waals surface area (Å²) in [7, 11) is 0. The summed E-state index contributed by atoms with van der Waals surface area (Å²) in [5, 5.41) is 9.48. The lowest BCUT2D eigenvalue weighted by atomic mass is 10.0. The third kappa shape index (κ3) is 5.02. The summed E-state index contributed by atoms with van der Waals surface area (Å²) in [4.78, 5) is 0. The first kappa shape index (κ1) is 10.7. The number of hydrogen-bond donors (Lipinski definition) is 1. The summed E-state index contributed by atoms with van der Waals surface area (Å²) < 4.78 is 0. The molecule has 0 aliphatic rings. The number of rotatable bonds is 5. The highest BCUT2D eigenvalue weighted by molar-refractivity contribution is 5.02. The Kier molecular flexibility index (Phi) is 6.24. The molecule has 0 fully saturated rings. The molecule has 1 N–H and O–H groups in total. The largest absolute Gasteiger partial charge is 0.389 e. The van der Waals surface area contributed by atoms with Crippen LogP contribution in [0.4, 0.5) is 0 Å². The fraction of sp³-hybridized carbons (Fsp3) is 0.800. The first-order valence-corrected chi connectivity index (χ1v) is 4.53. The van der Waals surface area contributed by atoms with Gasteiger partial charge in [-0.3, -0.25) is 0 Å². The molecule has 0 saturated carbocycles. The molecule has 0 radical (unpaired) electrons. The Morgan fingerprint density at radius 3 is 2.55 bits per heavy atom. The van der Waals surface area contributed by atoms with E-state index >= 15 is 0 Å². The Hall–Kier alpha value is -0.300. The fourth-order valence-electron chi connectivity index (χ4n) is 1.01. The summed E-state index contributed by atoms with van der Waals surface area (Å²) in [5.41, 5.74) is 1.10. The third-order valence-electron chi connectivity index (χ3n) is 2.06. The van der Waals surface area contributed by atoms with Crippen molar-refractivity contribution < 1.29 is 5.11 Å². The Balaban J connectivity index is 3.44. The van der Waals surface area contributed by atoms with Gasteiger partial charge in [-0.1, -0.05) is 32.3 Å². The molecule has 0 aromatic heterocycles. The van der Waals surface area contributed by atoms with Gasteiger partial charge in [-0.25, -0.2) is 0 Å². The van der Waals surface area contributed by atoms with Crippen LogP contribution in [0.5, 0.6) is 0 Å². The van der Waals surface area contributed by atoms with Gasteiger partial charge in [-0.05, 0) is 25.8 Å². The van der Waals surface area contributed by atoms with E-state index in [9.17, 15) is 5.11 Å². The zero-order valence-corrected chi connectivity index (χ0v) is 7.93. The number of allylic oxidation sites excluding steroid dienone is 1. The van der Waals surface area contributed by atoms with E-state index in [0.29, 0.717) is 0 Å². The molecule has 1 nitrogen and oxygen atoms in total. The first-order chi connectivity index (χ1) is 5.22. The van der Waals surface area contributed by atoms with Crippen molar-refractivity contribution in [1.29, 1.82) is 0 Å². The SMILES string of the molecule is C/C=C(/C)C(O)CCCCC. The Morgan fingerprint density at radius 1 is 1.45 bits per heavy atom. The minimum absolute atomic E-state index is 0.202. The second kappa shape index (κ2) is 6.41. The van der Waals surface area contributed by atoms with Crippen LogP contribution < -0.4 is 0 Å². The summed E-state index contributed by atoms with van der Waals surface area (Å²) in [6.45, 7) is 6.13. The van der Waals surface area contributed by atoms with Gasteiger partial charge in [0.2, 0.25) is 0 Å². The van der Waals surface area contributed by atoms with Crippen LogP contribution in [0.15, 0.2) is 11.6 Å². The van der Waals surface area contributed by atoms with Crippen molar-refractivity contribution in [2.75, 3.05) is 0 Å². The van der Waals surface area contributed by atoms with E-state index < -0.39 is 0 Å². The molecule has 0 bridgehead atoms. The summed E-state index contributed by atoms with van der Waals surface area (Å²) in [6.07, 6.45) is 6.30. The quantitative estimate of drug-likeness (QED) is 0.479. The van der Waals surface area contributed by atoms with Gasteiger partial charge < -0.3 is 5.11 Å². The maximum absolute atomic E-state index is 9.48. The van der Waals surface area contributed by atoms with Gasteiger partial charge in [0.05, 0.1) is 6.10 Å². The summed E-state index contributed by atoms with van der Waals surface area (Å²) >= 11 is 0. The van der Waals surface area contributed by atoms with E-state index in [2.05, 4.69) is 6.92 Å². The zero-order chi connectivity index (χ0) is 8.69. The number of unbranched alkanes of at least 4 members (excludes halogenated alkanes) is 2. The van der Waals surface area contributed by atoms with Gasteiger partial charge in [-0.15, -0.1) is 0 Å². The molecule has 1 unspecified atom stereocenters. The van der Waals surface area contributed by atoms with Crippen LogP contribution in [-0.4, -0.2) is 11.2 Å². The van der Waals surface area contributed by atoms with Crippen molar-refractivity contribution in [3.05, 3.63) is 11.6 Å². The van der Waals surface area contributed by atoms with E-state index in [0.717, 1.165) is 18.4 Å². The molecular formula is C10H20O. The first-order valence-electron chi connectivity index (χ1n) is 4.53. The predicted molar refractivity (Wildman–Crippen MR) is 49.6 cm³/mol. The summed E-state index contributed by atoms with van der Waals surface area (Å²) in [6, 6.07) is 0. The number of aliphatic hydroxyl groups excluding tert-OH is 1. The fourth-order valence-corrected chi connectivity index (χ4v) is 1.01. The van der Waals surface area contributed by atoms with E-state index in [1.165, 1.54) is 12.8 Å². The van der Waals surface area contributed by atoms with Crippen LogP contribution in [0.25, 0.3) is 0 Å². The lowest BCUT2D eigenvalue weighted by Gasteiger charge is -2.09. The third-order valence-corrected chi connectivity index (χ3v) is 2.06. The van der Waals surface area contributed by atoms with Gasteiger partial charge in [0, 0.05) is 0 Å². The second-order valence-electron chi connectivity index (χ2n) is 3.04. The van der Waals surface area contributed by atoms with Crippen LogP contribution in [0.3, 0.4) is 0 Å². The molecule has 11 heavy (non-hydrogen) atoms. The molecule has 0 amide bonds. The zero-order valence-electron chi connectivity index (χ0n) is 7.93. The molecular weight excluding hydrogens is 136 g/mol. The van der Waals surface area contributed by atoms with Crippen molar-refractivity contribution in [3.8, 4) is 0 Å². The highest BCUT2D eigenvalue weighted by Crippen LogP contribution is 2.09. The maximum Gasteiger partial charge on any atom is 0.0747 e. The van der Waals surface area contributed by atoms with E-state index in [1.54, 1.807) is 0 Å². The topological polar surface area (TPSA) is 20.2 Å². The molecule has 66 valence electrons. The van der Waals surface area contributed by atoms with Crippen LogP contribution in [0.1, 0.15) is 46.5 Å². The van der Waals surface area contributed by atoms with Crippen LogP contribution >= 0.6 is 0 Å². The van der Waals surface area contributed by atoms with Crippen molar-refractivity contribution in [1.82, 2.24) is 0 Å². The maximum atomic E-state index is 9.48. The molecule has 0 heterocycles. The predicted octanol–water partition coefficient (Wildman–Crippen LogP) is 2.89. The van der Waals surface area contributed by atoms with Crippen LogP contribution in [0, 0.1) is 0 Å². The second-order valence-corrected chi connectivity index (χ2v) is 3.04. The van der Waals surface area contributed by atoms with Crippen molar-refractivity contribution in [2.45, 2.75) is 52.6 Å². The monoisotopic (exact) mass is 156 g/mol. The molecule has 1 atom stereocenters. The van der Waals surface area contributed by atoms with Crippen LogP contribution in [0.2, 0.25) is 0 Å². The lowest BCUT2D eigenvalue weighted by molar-refractivity contribution is 0.196. The van der Waals surface area contributed by atoms with Crippen LogP contribution in [-0.2, 0) is 0 Å². The van der Waals surface area contributed by atoms with E-state index in [1.807, 2.05) is 19.9 Å². The minimum atomic E-state index is -0.202. The molecule has 0 aliphatic carbocycles. The summed E-state index contributed by atoms with van der Waals surface area (Å²) in [5.74, 6) is 0. The van der Waals surface area contributed by atoms with Crippen molar-refractivity contribution >= 4 is 0 Å². The van der Waals surface area contributed by atoms with Crippen molar-refractivity contribution in [2.24, 2.45) is 0 Å². The highest BCUT2D eigenvalue weighted by atomic mass is 16.3. The molecule has 0 saturated heterocycles. The van der Waals surface area contributed by atoms with E-state index in [4.69, 9.17) is 0 Å². The lowest BCUT2D eigenvalue weighted by Crippen LogP contribution is -2.07. The van der Waals surface area contributed by atoms with Gasteiger partial charge in [-0.2, -0.15) is 0 Å². The molecule has 1 heteroatoms.